The average Bonchev–Trinajstić information content (AvgIpc) is 2.84. The highest BCUT2D eigenvalue weighted by Crippen LogP contribution is 2.30. The van der Waals surface area contributed by atoms with Crippen molar-refractivity contribution in [2.75, 3.05) is 6.61 Å². The topological polar surface area (TPSA) is 25.0 Å². The van der Waals surface area contributed by atoms with Crippen molar-refractivity contribution in [3.8, 4) is 17.0 Å². The van der Waals surface area contributed by atoms with Crippen molar-refractivity contribution in [2.45, 2.75) is 6.42 Å². The molecule has 0 bridgehead atoms. The van der Waals surface area contributed by atoms with Crippen molar-refractivity contribution in [1.82, 2.24) is 4.98 Å². The number of nitrogens with one attached hydrogen (secondary N) is 1. The highest BCUT2D eigenvalue weighted by atomic mass is 32.1. The molecule has 0 radical (unpaired) electrons. The highest BCUT2D eigenvalue weighted by molar-refractivity contribution is 7.73. The van der Waals surface area contributed by atoms with Gasteiger partial charge in [0.1, 0.15) is 5.75 Å². The lowest BCUT2D eigenvalue weighted by Gasteiger charge is -2.01. The SMILES string of the molecule is S=c1[nH]c(-c2ccc3c(c2)CCO3)cs1. The van der Waals surface area contributed by atoms with Gasteiger partial charge in [-0.15, -0.1) is 11.3 Å². The number of aromatic amines is 1. The van der Waals surface area contributed by atoms with Crippen LogP contribution in [0, 0.1) is 3.95 Å². The zero-order valence-corrected chi connectivity index (χ0v) is 9.58. The van der Waals surface area contributed by atoms with Crippen molar-refractivity contribution < 1.29 is 4.74 Å². The maximum atomic E-state index is 5.47. The number of fused-ring (bicyclic) bond motifs is 1. The number of rotatable bonds is 1. The summed E-state index contributed by atoms with van der Waals surface area (Å²) in [5.41, 5.74) is 3.57. The van der Waals surface area contributed by atoms with Gasteiger partial charge in [-0.25, -0.2) is 0 Å². The van der Waals surface area contributed by atoms with Crippen LogP contribution in [0.5, 0.6) is 5.75 Å². The van der Waals surface area contributed by atoms with E-state index in [2.05, 4.69) is 22.5 Å². The average molecular weight is 235 g/mol. The van der Waals surface area contributed by atoms with Gasteiger partial charge < -0.3 is 9.72 Å². The van der Waals surface area contributed by atoms with E-state index in [0.29, 0.717) is 0 Å². The zero-order valence-electron chi connectivity index (χ0n) is 7.95. The number of thiazole rings is 1. The van der Waals surface area contributed by atoms with E-state index in [-0.39, 0.29) is 0 Å². The number of H-pyrrole nitrogens is 1. The molecule has 0 atom stereocenters. The molecule has 15 heavy (non-hydrogen) atoms. The molecule has 3 rings (SSSR count). The van der Waals surface area contributed by atoms with Gasteiger partial charge in [0, 0.05) is 11.8 Å². The van der Waals surface area contributed by atoms with Gasteiger partial charge in [-0.05, 0) is 41.5 Å². The van der Waals surface area contributed by atoms with Crippen molar-refractivity contribution in [3.63, 3.8) is 0 Å². The third-order valence-corrected chi connectivity index (χ3v) is 3.58. The van der Waals surface area contributed by atoms with Crippen LogP contribution in [-0.4, -0.2) is 11.6 Å². The molecule has 0 aliphatic carbocycles. The van der Waals surface area contributed by atoms with Crippen LogP contribution in [0.1, 0.15) is 5.56 Å². The Morgan fingerprint density at radius 2 is 2.33 bits per heavy atom. The molecule has 4 heteroatoms. The van der Waals surface area contributed by atoms with E-state index < -0.39 is 0 Å². The minimum atomic E-state index is 0.804. The lowest BCUT2D eigenvalue weighted by molar-refractivity contribution is 0.357. The van der Waals surface area contributed by atoms with E-state index in [1.54, 1.807) is 11.3 Å². The fourth-order valence-corrected chi connectivity index (χ4v) is 2.62. The summed E-state index contributed by atoms with van der Waals surface area (Å²) < 4.78 is 6.29. The Kier molecular flexibility index (Phi) is 2.11. The zero-order chi connectivity index (χ0) is 10.3. The lowest BCUT2D eigenvalue weighted by Crippen LogP contribution is -1.85. The Morgan fingerprint density at radius 1 is 1.40 bits per heavy atom. The molecular weight excluding hydrogens is 226 g/mol. The monoisotopic (exact) mass is 235 g/mol. The Bertz CT molecular complexity index is 556. The van der Waals surface area contributed by atoms with E-state index in [0.717, 1.165) is 28.4 Å². The first-order valence-electron chi connectivity index (χ1n) is 4.77. The molecule has 0 saturated heterocycles. The Balaban J connectivity index is 2.10. The third kappa shape index (κ3) is 1.60. The molecule has 1 aromatic carbocycles. The van der Waals surface area contributed by atoms with Crippen LogP contribution in [0.25, 0.3) is 11.3 Å². The second kappa shape index (κ2) is 3.47. The van der Waals surface area contributed by atoms with Gasteiger partial charge in [-0.2, -0.15) is 0 Å². The van der Waals surface area contributed by atoms with Crippen LogP contribution in [-0.2, 0) is 6.42 Å². The lowest BCUT2D eigenvalue weighted by atomic mass is 10.1. The van der Waals surface area contributed by atoms with Crippen LogP contribution >= 0.6 is 23.6 Å². The molecule has 2 heterocycles. The van der Waals surface area contributed by atoms with Crippen molar-refractivity contribution in [1.29, 1.82) is 0 Å². The first-order valence-corrected chi connectivity index (χ1v) is 6.05. The number of ether oxygens (including phenoxy) is 1. The molecule has 1 aliphatic heterocycles. The second-order valence-corrected chi connectivity index (χ2v) is 5.03. The van der Waals surface area contributed by atoms with Gasteiger partial charge in [0.05, 0.1) is 12.3 Å². The molecule has 1 aromatic heterocycles. The molecule has 76 valence electrons. The van der Waals surface area contributed by atoms with Gasteiger partial charge in [0.15, 0.2) is 3.95 Å². The molecule has 1 N–H and O–H groups in total. The molecule has 0 saturated carbocycles. The molecule has 1 aliphatic rings. The highest BCUT2D eigenvalue weighted by Gasteiger charge is 2.12. The number of hydrogen-bond donors (Lipinski definition) is 1. The minimum absolute atomic E-state index is 0.804. The summed E-state index contributed by atoms with van der Waals surface area (Å²) in [4.78, 5) is 3.18. The predicted molar refractivity (Wildman–Crippen MR) is 64.1 cm³/mol. The number of aromatic nitrogens is 1. The van der Waals surface area contributed by atoms with Gasteiger partial charge in [0.25, 0.3) is 0 Å². The van der Waals surface area contributed by atoms with Crippen LogP contribution < -0.4 is 4.74 Å². The van der Waals surface area contributed by atoms with Crippen molar-refractivity contribution in [2.24, 2.45) is 0 Å². The van der Waals surface area contributed by atoms with E-state index in [1.807, 2.05) is 6.07 Å². The van der Waals surface area contributed by atoms with Crippen molar-refractivity contribution >= 4 is 23.6 Å². The van der Waals surface area contributed by atoms with Gasteiger partial charge in [0.2, 0.25) is 0 Å². The van der Waals surface area contributed by atoms with Crippen LogP contribution in [0.2, 0.25) is 0 Å². The third-order valence-electron chi connectivity index (χ3n) is 2.52. The Labute approximate surface area is 96.5 Å². The van der Waals surface area contributed by atoms with Gasteiger partial charge >= 0.3 is 0 Å². The number of benzene rings is 1. The largest absolute Gasteiger partial charge is 0.493 e. The molecule has 0 fully saturated rings. The van der Waals surface area contributed by atoms with Gasteiger partial charge in [-0.1, -0.05) is 0 Å². The summed E-state index contributed by atoms with van der Waals surface area (Å²) in [6, 6.07) is 6.28. The Morgan fingerprint density at radius 3 is 3.13 bits per heavy atom. The van der Waals surface area contributed by atoms with Crippen LogP contribution in [0.3, 0.4) is 0 Å². The van der Waals surface area contributed by atoms with Crippen molar-refractivity contribution in [3.05, 3.63) is 33.1 Å². The molecular formula is C11H9NOS2. The molecule has 0 amide bonds. The number of hydrogen-bond acceptors (Lipinski definition) is 3. The summed E-state index contributed by atoms with van der Waals surface area (Å²) in [5, 5.41) is 2.06. The maximum absolute atomic E-state index is 5.47. The Hall–Kier alpha value is -1.13. The first-order chi connectivity index (χ1) is 7.33. The summed E-state index contributed by atoms with van der Waals surface area (Å²) in [7, 11) is 0. The van der Waals surface area contributed by atoms with E-state index in [9.17, 15) is 0 Å². The maximum Gasteiger partial charge on any atom is 0.158 e. The molecule has 2 aromatic rings. The quantitative estimate of drug-likeness (QED) is 0.766. The van der Waals surface area contributed by atoms with E-state index >= 15 is 0 Å². The smallest absolute Gasteiger partial charge is 0.158 e. The van der Waals surface area contributed by atoms with Gasteiger partial charge in [-0.3, -0.25) is 0 Å². The fourth-order valence-electron chi connectivity index (χ4n) is 1.78. The second-order valence-electron chi connectivity index (χ2n) is 3.48. The molecule has 2 nitrogen and oxygen atoms in total. The summed E-state index contributed by atoms with van der Waals surface area (Å²) in [5.74, 6) is 1.02. The first kappa shape index (κ1) is 9.12. The van der Waals surface area contributed by atoms with Crippen LogP contribution in [0.15, 0.2) is 23.6 Å². The summed E-state index contributed by atoms with van der Waals surface area (Å²) in [6.07, 6.45) is 1.01. The minimum Gasteiger partial charge on any atom is -0.493 e. The standard InChI is InChI=1S/C11H9NOS2/c14-11-12-9(6-15-11)7-1-2-10-8(5-7)3-4-13-10/h1-2,5-6H,3-4H2,(H,12,14). The molecule has 0 spiro atoms. The van der Waals surface area contributed by atoms with Crippen LogP contribution in [0.4, 0.5) is 0 Å². The summed E-state index contributed by atoms with van der Waals surface area (Å²) >= 11 is 6.63. The predicted octanol–water partition coefficient (Wildman–Crippen LogP) is 3.41. The normalized spacial score (nSPS) is 13.6. The summed E-state index contributed by atoms with van der Waals surface area (Å²) in [6.45, 7) is 0.804. The fraction of sp³-hybridized carbons (Fsp3) is 0.182. The molecule has 0 unspecified atom stereocenters. The van der Waals surface area contributed by atoms with E-state index in [4.69, 9.17) is 17.0 Å². The van der Waals surface area contributed by atoms with E-state index in [1.165, 1.54) is 11.1 Å².